The number of aliphatic hydroxyl groups is 1. The molecule has 2 aromatic rings. The van der Waals surface area contributed by atoms with Crippen molar-refractivity contribution >= 4 is 0 Å². The van der Waals surface area contributed by atoms with Crippen molar-refractivity contribution in [2.45, 2.75) is 25.8 Å². The number of halogens is 2. The Morgan fingerprint density at radius 2 is 2.00 bits per heavy atom. The third-order valence-corrected chi connectivity index (χ3v) is 4.01. The molecule has 0 spiro atoms. The molecule has 0 aliphatic carbocycles. The smallest absolute Gasteiger partial charge is 0.387 e. The first-order chi connectivity index (χ1) is 11.4. The van der Waals surface area contributed by atoms with Gasteiger partial charge in [0.25, 0.3) is 0 Å². The van der Waals surface area contributed by atoms with E-state index < -0.39 is 12.7 Å². The average molecular weight is 340 g/mol. The summed E-state index contributed by atoms with van der Waals surface area (Å²) in [6, 6.07) is 5.92. The van der Waals surface area contributed by atoms with Crippen molar-refractivity contribution in [3.05, 3.63) is 46.1 Å². The van der Waals surface area contributed by atoms with Crippen LogP contribution < -0.4 is 10.4 Å². The molecule has 3 rings (SSSR count). The first-order valence-electron chi connectivity index (χ1n) is 7.52. The molecule has 0 radical (unpaired) electrons. The normalized spacial score (nSPS) is 16.2. The van der Waals surface area contributed by atoms with Crippen LogP contribution >= 0.6 is 0 Å². The summed E-state index contributed by atoms with van der Waals surface area (Å²) >= 11 is 0. The molecule has 0 saturated carbocycles. The number of aromatic nitrogens is 3. The van der Waals surface area contributed by atoms with E-state index in [0.717, 1.165) is 0 Å². The summed E-state index contributed by atoms with van der Waals surface area (Å²) < 4.78 is 31.5. The minimum absolute atomic E-state index is 0.0522. The number of benzene rings is 1. The first-order valence-corrected chi connectivity index (χ1v) is 7.52. The monoisotopic (exact) mass is 340 g/mol. The summed E-state index contributed by atoms with van der Waals surface area (Å²) in [6.45, 7) is -0.886. The molecule has 0 amide bonds. The second-order valence-electron chi connectivity index (χ2n) is 5.67. The van der Waals surface area contributed by atoms with Crippen LogP contribution in [0, 0.1) is 0 Å². The lowest BCUT2D eigenvalue weighted by molar-refractivity contribution is -0.0498. The van der Waals surface area contributed by atoms with Crippen molar-refractivity contribution in [3.63, 3.8) is 0 Å². The summed E-state index contributed by atoms with van der Waals surface area (Å²) in [6.07, 6.45) is -0.771. The van der Waals surface area contributed by atoms with Gasteiger partial charge in [0.2, 0.25) is 0 Å². The zero-order chi connectivity index (χ0) is 17.3. The number of nitrogens with zero attached hydrogens (tertiary/aromatic N) is 4. The Bertz CT molecular complexity index is 757. The Hall–Kier alpha value is -2.26. The maximum absolute atomic E-state index is 12.1. The average Bonchev–Trinajstić information content (AvgIpc) is 2.81. The minimum Gasteiger partial charge on any atom is -0.435 e. The largest absolute Gasteiger partial charge is 0.435 e. The van der Waals surface area contributed by atoms with Crippen LogP contribution in [0.1, 0.15) is 17.5 Å². The molecule has 0 bridgehead atoms. The number of ether oxygens (including phenoxy) is 1. The maximum atomic E-state index is 12.1. The number of aliphatic hydroxyl groups excluding tert-OH is 1. The van der Waals surface area contributed by atoms with E-state index in [1.54, 1.807) is 23.7 Å². The van der Waals surface area contributed by atoms with Gasteiger partial charge in [-0.25, -0.2) is 9.48 Å². The van der Waals surface area contributed by atoms with Gasteiger partial charge in [0, 0.05) is 26.7 Å². The highest BCUT2D eigenvalue weighted by Crippen LogP contribution is 2.21. The number of β-amino-alcohol motifs (C(OH)–C–C–N with tert-alkyl or cyclic N) is 1. The third-order valence-electron chi connectivity index (χ3n) is 4.01. The van der Waals surface area contributed by atoms with Gasteiger partial charge in [0.1, 0.15) is 11.6 Å². The quantitative estimate of drug-likeness (QED) is 0.869. The first kappa shape index (κ1) is 16.6. The summed E-state index contributed by atoms with van der Waals surface area (Å²) in [5.74, 6) is 0.720. The van der Waals surface area contributed by atoms with E-state index in [1.165, 1.54) is 16.8 Å². The molecule has 7 nitrogen and oxygen atoms in total. The highest BCUT2D eigenvalue weighted by Gasteiger charge is 2.23. The van der Waals surface area contributed by atoms with E-state index in [1.807, 2.05) is 4.90 Å². The third kappa shape index (κ3) is 3.46. The maximum Gasteiger partial charge on any atom is 0.387 e. The van der Waals surface area contributed by atoms with Crippen molar-refractivity contribution in [3.8, 4) is 5.75 Å². The summed E-state index contributed by atoms with van der Waals surface area (Å²) in [4.78, 5) is 13.8. The van der Waals surface area contributed by atoms with Gasteiger partial charge < -0.3 is 9.84 Å². The number of fused-ring (bicyclic) bond motifs is 1. The fourth-order valence-electron chi connectivity index (χ4n) is 2.79. The Labute approximate surface area is 136 Å². The molecule has 1 aliphatic heterocycles. The fourth-order valence-corrected chi connectivity index (χ4v) is 2.79. The lowest BCUT2D eigenvalue weighted by Gasteiger charge is -2.28. The van der Waals surface area contributed by atoms with Crippen molar-refractivity contribution in [1.29, 1.82) is 0 Å². The van der Waals surface area contributed by atoms with Crippen LogP contribution in [-0.4, -0.2) is 44.1 Å². The summed E-state index contributed by atoms with van der Waals surface area (Å²) in [5, 5.41) is 14.5. The van der Waals surface area contributed by atoms with Crippen LogP contribution in [0.3, 0.4) is 0 Å². The van der Waals surface area contributed by atoms with Crippen LogP contribution in [0.2, 0.25) is 0 Å². The number of rotatable bonds is 5. The topological polar surface area (TPSA) is 72.5 Å². The van der Waals surface area contributed by atoms with Gasteiger partial charge in [-0.1, -0.05) is 12.1 Å². The van der Waals surface area contributed by atoms with Gasteiger partial charge in [0.15, 0.2) is 0 Å². The Kier molecular flexibility index (Phi) is 4.63. The molecule has 2 heterocycles. The van der Waals surface area contributed by atoms with Crippen molar-refractivity contribution in [2.75, 3.05) is 13.1 Å². The SMILES string of the molecule is Cn1nc2n(c1=O)CCN(CC(O)c1ccc(OC(F)F)cc1)C2. The number of alkyl halides is 2. The van der Waals surface area contributed by atoms with Crippen molar-refractivity contribution < 1.29 is 18.6 Å². The van der Waals surface area contributed by atoms with Crippen LogP contribution in [0.4, 0.5) is 8.78 Å². The molecule has 24 heavy (non-hydrogen) atoms. The molecule has 1 aromatic carbocycles. The van der Waals surface area contributed by atoms with Crippen molar-refractivity contribution in [1.82, 2.24) is 19.2 Å². The molecule has 0 saturated heterocycles. The Balaban J connectivity index is 1.63. The van der Waals surface area contributed by atoms with Crippen LogP contribution in [0.5, 0.6) is 5.75 Å². The zero-order valence-corrected chi connectivity index (χ0v) is 13.1. The molecule has 1 aliphatic rings. The molecular weight excluding hydrogens is 322 g/mol. The van der Waals surface area contributed by atoms with E-state index in [-0.39, 0.29) is 11.4 Å². The highest BCUT2D eigenvalue weighted by atomic mass is 19.3. The number of hydrogen-bond acceptors (Lipinski definition) is 5. The van der Waals surface area contributed by atoms with Crippen LogP contribution in [0.25, 0.3) is 0 Å². The molecule has 9 heteroatoms. The molecule has 130 valence electrons. The van der Waals surface area contributed by atoms with E-state index >= 15 is 0 Å². The van der Waals surface area contributed by atoms with Crippen molar-refractivity contribution in [2.24, 2.45) is 7.05 Å². The van der Waals surface area contributed by atoms with Gasteiger partial charge in [-0.05, 0) is 17.7 Å². The Morgan fingerprint density at radius 3 is 2.67 bits per heavy atom. The van der Waals surface area contributed by atoms with Gasteiger partial charge >= 0.3 is 12.3 Å². The van der Waals surface area contributed by atoms with Gasteiger partial charge in [-0.3, -0.25) is 9.47 Å². The molecular formula is C15H18F2N4O3. The molecule has 1 unspecified atom stereocenters. The molecule has 1 N–H and O–H groups in total. The van der Waals surface area contributed by atoms with E-state index in [4.69, 9.17) is 0 Å². The van der Waals surface area contributed by atoms with Crippen LogP contribution in [0.15, 0.2) is 29.1 Å². The lowest BCUT2D eigenvalue weighted by Crippen LogP contribution is -2.39. The minimum atomic E-state index is -2.87. The molecule has 1 atom stereocenters. The van der Waals surface area contributed by atoms with E-state index in [0.29, 0.717) is 37.6 Å². The Morgan fingerprint density at radius 1 is 1.29 bits per heavy atom. The van der Waals surface area contributed by atoms with Crippen LogP contribution in [-0.2, 0) is 20.1 Å². The zero-order valence-electron chi connectivity index (χ0n) is 13.1. The molecule has 0 fully saturated rings. The molecule has 1 aromatic heterocycles. The second-order valence-corrected chi connectivity index (χ2v) is 5.67. The van der Waals surface area contributed by atoms with Gasteiger partial charge in [0.05, 0.1) is 12.6 Å². The lowest BCUT2D eigenvalue weighted by atomic mass is 10.1. The summed E-state index contributed by atoms with van der Waals surface area (Å²) in [7, 11) is 1.61. The number of aryl methyl sites for hydroxylation is 1. The predicted octanol–water partition coefficient (Wildman–Crippen LogP) is 0.732. The van der Waals surface area contributed by atoms with E-state index in [2.05, 4.69) is 9.84 Å². The number of hydrogen-bond donors (Lipinski definition) is 1. The van der Waals surface area contributed by atoms with E-state index in [9.17, 15) is 18.7 Å². The fraction of sp³-hybridized carbons (Fsp3) is 0.467. The van der Waals surface area contributed by atoms with Gasteiger partial charge in [-0.15, -0.1) is 0 Å². The predicted molar refractivity (Wildman–Crippen MR) is 80.8 cm³/mol. The summed E-state index contributed by atoms with van der Waals surface area (Å²) in [5.41, 5.74) is 0.473. The van der Waals surface area contributed by atoms with Gasteiger partial charge in [-0.2, -0.15) is 13.9 Å². The highest BCUT2D eigenvalue weighted by molar-refractivity contribution is 5.28. The standard InChI is InChI=1S/C15H18F2N4O3/c1-19-15(23)21-7-6-20(9-13(21)18-19)8-12(22)10-2-4-11(5-3-10)24-14(16)17/h2-5,12,14,22H,6-9H2,1H3. The second kappa shape index (κ2) is 6.70.